The zero-order valence-corrected chi connectivity index (χ0v) is 34.2. The van der Waals surface area contributed by atoms with Gasteiger partial charge >= 0.3 is 0 Å². The second-order valence-electron chi connectivity index (χ2n) is 15.6. The third kappa shape index (κ3) is 9.32. The second-order valence-corrected chi connectivity index (χ2v) is 15.6. The molecule has 7 aromatic rings. The van der Waals surface area contributed by atoms with Crippen LogP contribution in [0.3, 0.4) is 0 Å². The Bertz CT molecular complexity index is 2780. The van der Waals surface area contributed by atoms with Crippen LogP contribution < -0.4 is 21.3 Å². The Morgan fingerprint density at radius 3 is 2.45 bits per heavy atom. The molecule has 0 bridgehead atoms. The number of aliphatic hydroxyl groups is 1. The van der Waals surface area contributed by atoms with E-state index in [-0.39, 0.29) is 28.7 Å². The number of aromatic nitrogens is 2. The lowest BCUT2D eigenvalue weighted by Gasteiger charge is -2.19. The van der Waals surface area contributed by atoms with Gasteiger partial charge in [0, 0.05) is 53.9 Å². The zero-order chi connectivity index (χ0) is 42.5. The number of phenolic OH excluding ortho intramolecular Hbond substituents is 1. The highest BCUT2D eigenvalue weighted by Crippen LogP contribution is 2.34. The Kier molecular flexibility index (Phi) is 12.3. The number of hydrogen-bond donors (Lipinski definition) is 5. The van der Waals surface area contributed by atoms with Crippen LogP contribution in [0.1, 0.15) is 80.0 Å². The van der Waals surface area contributed by atoms with Gasteiger partial charge in [-0.05, 0) is 114 Å². The van der Waals surface area contributed by atoms with Crippen LogP contribution in [0.5, 0.6) is 11.5 Å². The highest BCUT2D eigenvalue weighted by Gasteiger charge is 2.19. The molecule has 7 rings (SSSR count). The fourth-order valence-corrected chi connectivity index (χ4v) is 7.95. The number of carbonyl (C=O) groups is 2. The number of methoxy groups -OCH3 is 1. The number of nitrogens with two attached hydrogens (primary N) is 1. The number of aromatic amines is 1. The molecule has 0 aliphatic heterocycles. The van der Waals surface area contributed by atoms with Crippen LogP contribution in [0.2, 0.25) is 0 Å². The van der Waals surface area contributed by atoms with Crippen LogP contribution in [-0.2, 0) is 19.4 Å². The average molecular weight is 804 g/mol. The maximum atomic E-state index is 13.7. The van der Waals surface area contributed by atoms with Crippen LogP contribution >= 0.6 is 0 Å². The topological polar surface area (TPSA) is 171 Å². The van der Waals surface area contributed by atoms with Gasteiger partial charge in [-0.1, -0.05) is 61.5 Å². The quantitative estimate of drug-likeness (QED) is 0.0687. The minimum absolute atomic E-state index is 0.0386. The monoisotopic (exact) mass is 803 g/mol. The molecule has 2 atom stereocenters. The van der Waals surface area contributed by atoms with Crippen molar-refractivity contribution in [1.29, 1.82) is 0 Å². The third-order valence-electron chi connectivity index (χ3n) is 10.9. The van der Waals surface area contributed by atoms with Crippen molar-refractivity contribution in [2.24, 2.45) is 11.7 Å². The predicted octanol–water partition coefficient (Wildman–Crippen LogP) is 8.50. The van der Waals surface area contributed by atoms with Gasteiger partial charge in [0.15, 0.2) is 0 Å². The number of nitrogens with zero attached hydrogens (tertiary/aromatic N) is 2. The Morgan fingerprint density at radius 2 is 1.65 bits per heavy atom. The van der Waals surface area contributed by atoms with E-state index in [9.17, 15) is 24.6 Å². The van der Waals surface area contributed by atoms with Crippen molar-refractivity contribution in [2.75, 3.05) is 19.5 Å². The molecule has 11 heteroatoms. The van der Waals surface area contributed by atoms with Crippen molar-refractivity contribution in [3.8, 4) is 11.5 Å². The summed E-state index contributed by atoms with van der Waals surface area (Å²) in [6.07, 6.45) is 3.32. The number of aromatic hydroxyl groups is 1. The normalized spacial score (nSPS) is 12.3. The molecule has 6 N–H and O–H groups in total. The number of pyridine rings is 2. The Morgan fingerprint density at radius 1 is 0.883 bits per heavy atom. The number of ether oxygens (including phenoxy) is 1. The van der Waals surface area contributed by atoms with Crippen molar-refractivity contribution in [3.63, 3.8) is 0 Å². The molecular weight excluding hydrogens is 755 g/mol. The lowest BCUT2D eigenvalue weighted by Crippen LogP contribution is -2.26. The van der Waals surface area contributed by atoms with Crippen LogP contribution in [0.4, 0.5) is 11.4 Å². The number of H-pyrrole nitrogens is 1. The number of benzene rings is 5. The summed E-state index contributed by atoms with van der Waals surface area (Å²) in [6.45, 7) is 4.55. The molecule has 0 radical (unpaired) electrons. The number of amides is 2. The molecule has 0 fully saturated rings. The number of hydrogen-bond acceptors (Lipinski definition) is 8. The Balaban J connectivity index is 1.01. The Labute approximate surface area is 348 Å². The van der Waals surface area contributed by atoms with Crippen LogP contribution in [0.15, 0.2) is 120 Å². The highest BCUT2D eigenvalue weighted by atomic mass is 16.5. The second kappa shape index (κ2) is 17.9. The number of fused-ring (bicyclic) bond motifs is 2. The number of nitrogens with one attached hydrogen (secondary N) is 2. The van der Waals surface area contributed by atoms with Gasteiger partial charge in [0.05, 0.1) is 35.5 Å². The first-order valence-electron chi connectivity index (χ1n) is 19.9. The minimum Gasteiger partial charge on any atom is -0.506 e. The molecule has 0 saturated heterocycles. The number of primary amides is 1. The van der Waals surface area contributed by atoms with Crippen molar-refractivity contribution in [2.45, 2.75) is 52.2 Å². The molecular formula is C49H49N5O6. The number of anilines is 2. The maximum Gasteiger partial charge on any atom is 0.253 e. The van der Waals surface area contributed by atoms with Crippen molar-refractivity contribution in [1.82, 2.24) is 14.9 Å². The number of aliphatic hydroxyl groups excluding tert-OH is 1. The van der Waals surface area contributed by atoms with Gasteiger partial charge in [-0.2, -0.15) is 0 Å². The molecule has 2 aromatic heterocycles. The Hall–Kier alpha value is -6.98. The summed E-state index contributed by atoms with van der Waals surface area (Å²) in [6, 6.07) is 33.7. The van der Waals surface area contributed by atoms with Crippen LogP contribution in [0, 0.1) is 12.8 Å². The summed E-state index contributed by atoms with van der Waals surface area (Å²) < 4.78 is 5.40. The molecule has 0 saturated carbocycles. The van der Waals surface area contributed by atoms with E-state index in [1.807, 2.05) is 73.7 Å². The van der Waals surface area contributed by atoms with E-state index in [1.54, 1.807) is 31.2 Å². The summed E-state index contributed by atoms with van der Waals surface area (Å²) in [5.41, 5.74) is 14.6. The predicted molar refractivity (Wildman–Crippen MR) is 236 cm³/mol. The smallest absolute Gasteiger partial charge is 0.253 e. The molecule has 60 heavy (non-hydrogen) atoms. The lowest BCUT2D eigenvalue weighted by molar-refractivity contribution is 0.0784. The summed E-state index contributed by atoms with van der Waals surface area (Å²) in [5, 5.41) is 26.1. The molecule has 5 aromatic carbocycles. The highest BCUT2D eigenvalue weighted by molar-refractivity contribution is 6.08. The summed E-state index contributed by atoms with van der Waals surface area (Å²) in [7, 11) is 3.41. The maximum absolute atomic E-state index is 13.7. The van der Waals surface area contributed by atoms with E-state index in [0.29, 0.717) is 52.9 Å². The number of rotatable bonds is 15. The number of aryl methyl sites for hydroxylation is 1. The van der Waals surface area contributed by atoms with Gasteiger partial charge in [0.25, 0.3) is 11.8 Å². The first-order valence-corrected chi connectivity index (χ1v) is 19.9. The molecule has 0 aliphatic rings. The first-order chi connectivity index (χ1) is 28.9. The largest absolute Gasteiger partial charge is 0.506 e. The van der Waals surface area contributed by atoms with Crippen LogP contribution in [-0.4, -0.2) is 51.1 Å². The van der Waals surface area contributed by atoms with Gasteiger partial charge in [0.1, 0.15) is 11.5 Å². The standard InChI is InChI=1S/C49H49N5O6/c1-29(14-17-42(55)38-15-18-43(56)47-39(38)16-19-44(57)53-47)20-31-9-6-11-35(24-31)49(59)54(3)28-33-10-5-8-32(22-33)23-34-21-30(2)45-40(25-34)46(41(27-51-45)48(50)58)52-36-12-7-13-37(26-36)60-4/h5-13,15-16,18-19,21-22,24-27,29,42,55-56H,14,17,20,23,28H2,1-4H3,(H2,50,58)(H,51,52)(H,53,57)/t29?,42-/m0/s1. The summed E-state index contributed by atoms with van der Waals surface area (Å²) >= 11 is 0. The molecule has 0 spiro atoms. The van der Waals surface area contributed by atoms with Crippen LogP contribution in [0.25, 0.3) is 21.8 Å². The third-order valence-corrected chi connectivity index (χ3v) is 10.9. The van der Waals surface area contributed by atoms with Gasteiger partial charge < -0.3 is 35.9 Å². The van der Waals surface area contributed by atoms with E-state index in [0.717, 1.165) is 57.2 Å². The van der Waals surface area contributed by atoms with Crippen molar-refractivity contribution < 1.29 is 24.5 Å². The van der Waals surface area contributed by atoms with Crippen molar-refractivity contribution in [3.05, 3.63) is 170 Å². The molecule has 1 unspecified atom stereocenters. The molecule has 2 heterocycles. The molecule has 0 aliphatic carbocycles. The SMILES string of the molecule is COc1cccc(Nc2c(C(N)=O)cnc3c(C)cc(Cc4cccc(CN(C)C(=O)c5cccc(CC(C)CC[C@H](O)c6ccc(O)c7[nH]c(=O)ccc67)c5)c4)cc23)c1. The van der Waals surface area contributed by atoms with E-state index in [2.05, 4.69) is 40.4 Å². The van der Waals surface area contributed by atoms with E-state index in [4.69, 9.17) is 10.5 Å². The molecule has 2 amide bonds. The van der Waals surface area contributed by atoms with E-state index in [1.165, 1.54) is 18.3 Å². The van der Waals surface area contributed by atoms with Gasteiger partial charge in [0.2, 0.25) is 5.56 Å². The van der Waals surface area contributed by atoms with Gasteiger partial charge in [-0.3, -0.25) is 19.4 Å². The van der Waals surface area contributed by atoms with Gasteiger partial charge in [-0.25, -0.2) is 0 Å². The number of carbonyl (C=O) groups excluding carboxylic acids is 2. The average Bonchev–Trinajstić information content (AvgIpc) is 3.23. The minimum atomic E-state index is -0.771. The first kappa shape index (κ1) is 41.2. The fourth-order valence-electron chi connectivity index (χ4n) is 7.95. The summed E-state index contributed by atoms with van der Waals surface area (Å²) in [5.74, 6) is 0.193. The fraction of sp³-hybridized carbons (Fsp3) is 0.224. The number of phenols is 1. The lowest BCUT2D eigenvalue weighted by atomic mass is 9.92. The zero-order valence-electron chi connectivity index (χ0n) is 34.2. The van der Waals surface area contributed by atoms with E-state index >= 15 is 0 Å². The summed E-state index contributed by atoms with van der Waals surface area (Å²) in [4.78, 5) is 47.1. The van der Waals surface area contributed by atoms with Gasteiger partial charge in [-0.15, -0.1) is 0 Å². The molecule has 11 nitrogen and oxygen atoms in total. The molecule has 306 valence electrons. The van der Waals surface area contributed by atoms with E-state index < -0.39 is 12.0 Å². The van der Waals surface area contributed by atoms with Crippen molar-refractivity contribution >= 4 is 45.0 Å².